The molecule has 4 nitrogen and oxygen atoms in total. The molecule has 0 spiro atoms. The highest BCUT2D eigenvalue weighted by Gasteiger charge is 2.43. The summed E-state index contributed by atoms with van der Waals surface area (Å²) in [4.78, 5) is 12.8. The van der Waals surface area contributed by atoms with E-state index in [4.69, 9.17) is 9.53 Å². The van der Waals surface area contributed by atoms with E-state index < -0.39 is 20.3 Å². The predicted octanol–water partition coefficient (Wildman–Crippen LogP) is 2.17. The Morgan fingerprint density at radius 1 is 1.41 bits per heavy atom. The standard InChI is InChI=1S/C12H25NO3Si/c1-9(11(14)15)13-7-10(8-13)16-17(5,6)12(2,3)4/h9-10H,7-8H2,1-6H3,(H,14,15). The summed E-state index contributed by atoms with van der Waals surface area (Å²) in [7, 11) is -1.70. The second kappa shape index (κ2) is 4.70. The molecule has 1 N–H and O–H groups in total. The van der Waals surface area contributed by atoms with E-state index in [9.17, 15) is 4.79 Å². The predicted molar refractivity (Wildman–Crippen MR) is 70.7 cm³/mol. The number of nitrogens with zero attached hydrogens (tertiary/aromatic N) is 1. The molecule has 1 rings (SSSR count). The van der Waals surface area contributed by atoms with Gasteiger partial charge in [-0.05, 0) is 25.1 Å². The summed E-state index contributed by atoms with van der Waals surface area (Å²) in [6, 6.07) is -0.394. The summed E-state index contributed by atoms with van der Waals surface area (Å²) < 4.78 is 6.20. The Hall–Kier alpha value is -0.393. The van der Waals surface area contributed by atoms with Crippen LogP contribution in [0, 0.1) is 0 Å². The first-order valence-corrected chi connectivity index (χ1v) is 9.10. The van der Waals surface area contributed by atoms with Crippen molar-refractivity contribution >= 4 is 14.3 Å². The zero-order valence-corrected chi connectivity index (χ0v) is 12.8. The van der Waals surface area contributed by atoms with Crippen molar-refractivity contribution in [3.8, 4) is 0 Å². The fourth-order valence-corrected chi connectivity index (χ4v) is 2.95. The van der Waals surface area contributed by atoms with E-state index in [1.165, 1.54) is 0 Å². The number of rotatable bonds is 4. The minimum Gasteiger partial charge on any atom is -0.480 e. The minimum absolute atomic E-state index is 0.214. The lowest BCUT2D eigenvalue weighted by atomic mass is 10.1. The normalized spacial score (nSPS) is 21.1. The first kappa shape index (κ1) is 14.7. The first-order chi connectivity index (χ1) is 7.54. The van der Waals surface area contributed by atoms with Crippen molar-refractivity contribution < 1.29 is 14.3 Å². The quantitative estimate of drug-likeness (QED) is 0.786. The van der Waals surface area contributed by atoms with Crippen LogP contribution in [0.4, 0.5) is 0 Å². The van der Waals surface area contributed by atoms with Gasteiger partial charge in [-0.15, -0.1) is 0 Å². The number of carboxylic acid groups (broad SMARTS) is 1. The highest BCUT2D eigenvalue weighted by molar-refractivity contribution is 6.74. The molecule has 0 aromatic rings. The fourth-order valence-electron chi connectivity index (χ4n) is 1.61. The van der Waals surface area contributed by atoms with Gasteiger partial charge in [0, 0.05) is 13.1 Å². The average molecular weight is 259 g/mol. The molecular weight excluding hydrogens is 234 g/mol. The van der Waals surface area contributed by atoms with E-state index in [0.29, 0.717) is 0 Å². The molecule has 0 aromatic heterocycles. The third kappa shape index (κ3) is 3.30. The molecule has 1 heterocycles. The maximum Gasteiger partial charge on any atom is 0.320 e. The van der Waals surface area contributed by atoms with Gasteiger partial charge in [0.05, 0.1) is 6.10 Å². The Balaban J connectivity index is 2.42. The number of carbonyl (C=O) groups is 1. The third-order valence-corrected chi connectivity index (χ3v) is 8.58. The Kier molecular flexibility index (Phi) is 4.06. The molecule has 1 saturated heterocycles. The number of hydrogen-bond acceptors (Lipinski definition) is 3. The highest BCUT2D eigenvalue weighted by atomic mass is 28.4. The van der Waals surface area contributed by atoms with Crippen LogP contribution >= 0.6 is 0 Å². The molecule has 0 aromatic carbocycles. The Labute approximate surface area is 105 Å². The monoisotopic (exact) mass is 259 g/mol. The zero-order valence-electron chi connectivity index (χ0n) is 11.8. The second-order valence-corrected chi connectivity index (χ2v) is 11.2. The van der Waals surface area contributed by atoms with Crippen molar-refractivity contribution in [2.24, 2.45) is 0 Å². The van der Waals surface area contributed by atoms with Crippen LogP contribution in [-0.4, -0.2) is 49.5 Å². The molecule has 5 heteroatoms. The van der Waals surface area contributed by atoms with E-state index in [1.54, 1.807) is 6.92 Å². The van der Waals surface area contributed by atoms with E-state index in [-0.39, 0.29) is 11.1 Å². The third-order valence-electron chi connectivity index (χ3n) is 4.05. The lowest BCUT2D eigenvalue weighted by molar-refractivity contribution is -0.146. The molecule has 100 valence electrons. The van der Waals surface area contributed by atoms with Gasteiger partial charge in [0.2, 0.25) is 0 Å². The molecule has 0 bridgehead atoms. The van der Waals surface area contributed by atoms with Gasteiger partial charge in [-0.25, -0.2) is 0 Å². The van der Waals surface area contributed by atoms with Gasteiger partial charge in [0.1, 0.15) is 6.04 Å². The van der Waals surface area contributed by atoms with Gasteiger partial charge in [-0.2, -0.15) is 0 Å². The maximum atomic E-state index is 10.8. The van der Waals surface area contributed by atoms with Gasteiger partial charge < -0.3 is 9.53 Å². The van der Waals surface area contributed by atoms with Crippen LogP contribution in [0.15, 0.2) is 0 Å². The largest absolute Gasteiger partial charge is 0.480 e. The summed E-state index contributed by atoms with van der Waals surface area (Å²) in [5.74, 6) is -0.754. The van der Waals surface area contributed by atoms with E-state index in [0.717, 1.165) is 13.1 Å². The highest BCUT2D eigenvalue weighted by Crippen LogP contribution is 2.38. The van der Waals surface area contributed by atoms with Crippen molar-refractivity contribution in [1.82, 2.24) is 4.90 Å². The van der Waals surface area contributed by atoms with Crippen LogP contribution < -0.4 is 0 Å². The average Bonchev–Trinajstić information content (AvgIpc) is 2.07. The number of aliphatic carboxylic acids is 1. The molecule has 1 fully saturated rings. The first-order valence-electron chi connectivity index (χ1n) is 6.19. The minimum atomic E-state index is -1.70. The summed E-state index contributed by atoms with van der Waals surface area (Å²) in [5, 5.41) is 9.11. The van der Waals surface area contributed by atoms with E-state index >= 15 is 0 Å². The zero-order chi connectivity index (χ0) is 13.4. The molecule has 17 heavy (non-hydrogen) atoms. The van der Waals surface area contributed by atoms with Crippen molar-refractivity contribution in [2.75, 3.05) is 13.1 Å². The lowest BCUT2D eigenvalue weighted by Gasteiger charge is -2.47. The van der Waals surface area contributed by atoms with Crippen LogP contribution in [-0.2, 0) is 9.22 Å². The Morgan fingerprint density at radius 3 is 2.24 bits per heavy atom. The molecular formula is C12H25NO3Si. The maximum absolute atomic E-state index is 10.8. The SMILES string of the molecule is CC(C(=O)O)N1CC(O[Si](C)(C)C(C)(C)C)C1. The molecule has 1 aliphatic heterocycles. The number of carboxylic acids is 1. The molecule has 0 saturated carbocycles. The molecule has 1 unspecified atom stereocenters. The summed E-state index contributed by atoms with van der Waals surface area (Å²) >= 11 is 0. The molecule has 0 amide bonds. The van der Waals surface area contributed by atoms with E-state index in [1.807, 2.05) is 4.90 Å². The van der Waals surface area contributed by atoms with Crippen molar-refractivity contribution in [2.45, 2.75) is 58.0 Å². The van der Waals surface area contributed by atoms with Crippen molar-refractivity contribution in [1.29, 1.82) is 0 Å². The van der Waals surface area contributed by atoms with Crippen LogP contribution in [0.25, 0.3) is 0 Å². The second-order valence-electron chi connectivity index (χ2n) is 6.47. The van der Waals surface area contributed by atoms with Gasteiger partial charge in [0.15, 0.2) is 8.32 Å². The summed E-state index contributed by atoms with van der Waals surface area (Å²) in [6.07, 6.45) is 0.220. The van der Waals surface area contributed by atoms with Gasteiger partial charge in [0.25, 0.3) is 0 Å². The van der Waals surface area contributed by atoms with Gasteiger partial charge in [-0.1, -0.05) is 20.8 Å². The van der Waals surface area contributed by atoms with Crippen molar-refractivity contribution in [3.63, 3.8) is 0 Å². The molecule has 1 aliphatic rings. The van der Waals surface area contributed by atoms with Crippen LogP contribution in [0.5, 0.6) is 0 Å². The molecule has 1 atom stereocenters. The number of hydrogen-bond donors (Lipinski definition) is 1. The van der Waals surface area contributed by atoms with Gasteiger partial charge in [-0.3, -0.25) is 9.69 Å². The van der Waals surface area contributed by atoms with Crippen LogP contribution in [0.3, 0.4) is 0 Å². The van der Waals surface area contributed by atoms with Crippen molar-refractivity contribution in [3.05, 3.63) is 0 Å². The topological polar surface area (TPSA) is 49.8 Å². The fraction of sp³-hybridized carbons (Fsp3) is 0.917. The van der Waals surface area contributed by atoms with Crippen LogP contribution in [0.2, 0.25) is 18.1 Å². The molecule has 0 radical (unpaired) electrons. The molecule has 0 aliphatic carbocycles. The Bertz CT molecular complexity index is 293. The van der Waals surface area contributed by atoms with E-state index in [2.05, 4.69) is 33.9 Å². The van der Waals surface area contributed by atoms with Gasteiger partial charge >= 0.3 is 5.97 Å². The Morgan fingerprint density at radius 2 is 1.88 bits per heavy atom. The lowest BCUT2D eigenvalue weighted by Crippen LogP contribution is -2.61. The summed E-state index contributed by atoms with van der Waals surface area (Å²) in [5.41, 5.74) is 0. The number of likely N-dealkylation sites (tertiary alicyclic amines) is 1. The summed E-state index contributed by atoms with van der Waals surface area (Å²) in [6.45, 7) is 14.3. The smallest absolute Gasteiger partial charge is 0.320 e. The van der Waals surface area contributed by atoms with Crippen LogP contribution in [0.1, 0.15) is 27.7 Å².